The van der Waals surface area contributed by atoms with Crippen molar-refractivity contribution in [2.75, 3.05) is 27.9 Å². The van der Waals surface area contributed by atoms with Crippen molar-refractivity contribution >= 4 is 5.82 Å². The van der Waals surface area contributed by atoms with Crippen LogP contribution in [0.5, 0.6) is 23.0 Å². The zero-order chi connectivity index (χ0) is 25.4. The molecule has 0 radical (unpaired) electrons. The Bertz CT molecular complexity index is 1130. The molecule has 3 aromatic rings. The summed E-state index contributed by atoms with van der Waals surface area (Å²) in [6, 6.07) is 12.0. The Kier molecular flexibility index (Phi) is 8.94. The van der Waals surface area contributed by atoms with Crippen molar-refractivity contribution in [3.8, 4) is 23.0 Å². The highest BCUT2D eigenvalue weighted by atomic mass is 16.6. The van der Waals surface area contributed by atoms with Crippen LogP contribution < -0.4 is 18.9 Å². The summed E-state index contributed by atoms with van der Waals surface area (Å²) >= 11 is 0. The maximum atomic E-state index is 10.8. The quantitative estimate of drug-likeness (QED) is 0.250. The van der Waals surface area contributed by atoms with Gasteiger partial charge in [0.05, 0.1) is 27.9 Å². The number of hydrogen-bond donors (Lipinski definition) is 0. The molecule has 0 aliphatic rings. The molecule has 35 heavy (non-hydrogen) atoms. The predicted molar refractivity (Wildman–Crippen MR) is 133 cm³/mol. The fourth-order valence-electron chi connectivity index (χ4n) is 3.94. The number of hydrogen-bond acceptors (Lipinski definition) is 7. The van der Waals surface area contributed by atoms with Gasteiger partial charge in [-0.2, -0.15) is 0 Å². The molecule has 0 fully saturated rings. The summed E-state index contributed by atoms with van der Waals surface area (Å²) < 4.78 is 23.8. The number of rotatable bonds is 13. The Balaban J connectivity index is 1.60. The molecule has 188 valence electrons. The fourth-order valence-corrected chi connectivity index (χ4v) is 3.94. The third-order valence-corrected chi connectivity index (χ3v) is 6.18. The minimum absolute atomic E-state index is 0.180. The second-order valence-corrected chi connectivity index (χ2v) is 8.61. The van der Waals surface area contributed by atoms with Gasteiger partial charge in [0.1, 0.15) is 12.8 Å². The van der Waals surface area contributed by atoms with Gasteiger partial charge in [0.15, 0.2) is 23.0 Å². The number of ether oxygens (including phenoxy) is 4. The fraction of sp³-hybridized carbons (Fsp3) is 0.423. The van der Waals surface area contributed by atoms with E-state index in [1.54, 1.807) is 25.9 Å². The van der Waals surface area contributed by atoms with E-state index < -0.39 is 4.92 Å². The maximum Gasteiger partial charge on any atom is 0.381 e. The topological polar surface area (TPSA) is 97.9 Å². The average Bonchev–Trinajstić information content (AvgIpc) is 3.33. The maximum absolute atomic E-state index is 10.8. The lowest BCUT2D eigenvalue weighted by molar-refractivity contribution is -0.389. The van der Waals surface area contributed by atoms with Crippen molar-refractivity contribution < 1.29 is 23.9 Å². The second kappa shape index (κ2) is 12.1. The van der Waals surface area contributed by atoms with Crippen molar-refractivity contribution in [2.45, 2.75) is 33.2 Å². The Morgan fingerprint density at radius 1 is 0.886 bits per heavy atom. The number of nitro groups is 1. The molecule has 0 N–H and O–H groups in total. The number of nitrogens with zero attached hydrogens (tertiary/aromatic N) is 3. The van der Waals surface area contributed by atoms with E-state index in [-0.39, 0.29) is 5.82 Å². The molecule has 9 heteroatoms. The van der Waals surface area contributed by atoms with Crippen molar-refractivity contribution in [3.63, 3.8) is 0 Å². The van der Waals surface area contributed by atoms with Gasteiger partial charge in [-0.1, -0.05) is 26.0 Å². The van der Waals surface area contributed by atoms with Crippen LogP contribution in [0.3, 0.4) is 0 Å². The minimum atomic E-state index is -0.517. The van der Waals surface area contributed by atoms with Crippen molar-refractivity contribution in [3.05, 3.63) is 70.2 Å². The highest BCUT2D eigenvalue weighted by molar-refractivity contribution is 5.44. The molecular formula is C26H33N3O6. The third kappa shape index (κ3) is 6.88. The van der Waals surface area contributed by atoms with Gasteiger partial charge in [-0.25, -0.2) is 0 Å². The highest BCUT2D eigenvalue weighted by Crippen LogP contribution is 2.32. The zero-order valence-corrected chi connectivity index (χ0v) is 20.9. The van der Waals surface area contributed by atoms with Crippen LogP contribution in [0.4, 0.5) is 5.82 Å². The normalized spacial score (nSPS) is 12.6. The lowest BCUT2D eigenvalue weighted by atomic mass is 9.85. The summed E-state index contributed by atoms with van der Waals surface area (Å²) in [5, 5.41) is 10.8. The average molecular weight is 484 g/mol. The Hall–Kier alpha value is -3.75. The Morgan fingerprint density at radius 2 is 1.43 bits per heavy atom. The zero-order valence-electron chi connectivity index (χ0n) is 20.9. The molecule has 0 unspecified atom stereocenters. The number of imidazole rings is 1. The molecule has 1 aromatic heterocycles. The number of aromatic nitrogens is 2. The van der Waals surface area contributed by atoms with Crippen LogP contribution in [0.2, 0.25) is 0 Å². The molecule has 2 aromatic carbocycles. The SMILES string of the molecule is COc1ccc(C[C@@H](C)[C@@H](C)Cc2ccc(OC)c(OCCn3cnc([N+](=O)[O-])c3)c2)cc1OC. The lowest BCUT2D eigenvalue weighted by Crippen LogP contribution is -2.14. The highest BCUT2D eigenvalue weighted by Gasteiger charge is 2.17. The Labute approximate surface area is 205 Å². The first kappa shape index (κ1) is 25.9. The van der Waals surface area contributed by atoms with Gasteiger partial charge < -0.3 is 33.6 Å². The van der Waals surface area contributed by atoms with Gasteiger partial charge >= 0.3 is 5.82 Å². The molecule has 0 bridgehead atoms. The smallest absolute Gasteiger partial charge is 0.381 e. The molecule has 0 saturated carbocycles. The monoisotopic (exact) mass is 483 g/mol. The van der Waals surface area contributed by atoms with E-state index in [9.17, 15) is 10.1 Å². The second-order valence-electron chi connectivity index (χ2n) is 8.61. The molecule has 3 rings (SSSR count). The van der Waals surface area contributed by atoms with Crippen molar-refractivity contribution in [1.82, 2.24) is 9.55 Å². The minimum Gasteiger partial charge on any atom is -0.493 e. The largest absolute Gasteiger partial charge is 0.493 e. The third-order valence-electron chi connectivity index (χ3n) is 6.18. The molecule has 0 amide bonds. The number of benzene rings is 2. The first-order valence-corrected chi connectivity index (χ1v) is 11.5. The van der Waals surface area contributed by atoms with E-state index in [4.69, 9.17) is 18.9 Å². The summed E-state index contributed by atoms with van der Waals surface area (Å²) in [4.78, 5) is 14.0. The van der Waals surface area contributed by atoms with Gasteiger partial charge in [-0.15, -0.1) is 0 Å². The van der Waals surface area contributed by atoms with E-state index in [1.165, 1.54) is 18.1 Å². The number of methoxy groups -OCH3 is 3. The summed E-state index contributed by atoms with van der Waals surface area (Å²) in [5.41, 5.74) is 2.37. The van der Waals surface area contributed by atoms with E-state index >= 15 is 0 Å². The van der Waals surface area contributed by atoms with Gasteiger partial charge in [-0.3, -0.25) is 0 Å². The summed E-state index contributed by atoms with van der Waals surface area (Å²) in [5.74, 6) is 3.46. The molecule has 0 aliphatic heterocycles. The van der Waals surface area contributed by atoms with Gasteiger partial charge in [0.25, 0.3) is 0 Å². The summed E-state index contributed by atoms with van der Waals surface area (Å²) in [6.45, 7) is 5.28. The Morgan fingerprint density at radius 3 is 1.94 bits per heavy atom. The van der Waals surface area contributed by atoms with Crippen LogP contribution in [0.15, 0.2) is 48.9 Å². The molecule has 2 atom stereocenters. The van der Waals surface area contributed by atoms with Gasteiger partial charge in [-0.05, 0) is 70.0 Å². The first-order valence-electron chi connectivity index (χ1n) is 11.5. The molecule has 0 aliphatic carbocycles. The lowest BCUT2D eigenvalue weighted by Gasteiger charge is -2.21. The van der Waals surface area contributed by atoms with Crippen LogP contribution >= 0.6 is 0 Å². The van der Waals surface area contributed by atoms with Crippen LogP contribution in [-0.2, 0) is 19.4 Å². The van der Waals surface area contributed by atoms with E-state index in [2.05, 4.69) is 31.0 Å². The van der Waals surface area contributed by atoms with E-state index in [0.29, 0.717) is 36.5 Å². The van der Waals surface area contributed by atoms with E-state index in [0.717, 1.165) is 29.9 Å². The van der Waals surface area contributed by atoms with Gasteiger partial charge in [0.2, 0.25) is 6.33 Å². The van der Waals surface area contributed by atoms with E-state index in [1.807, 2.05) is 24.3 Å². The summed E-state index contributed by atoms with van der Waals surface area (Å²) in [7, 11) is 4.89. The molecule has 1 heterocycles. The van der Waals surface area contributed by atoms with Gasteiger partial charge in [0, 0.05) is 0 Å². The standard InChI is InChI=1S/C26H33N3O6/c1-18(12-20-6-8-22(32-3)24(14-20)34-5)19(2)13-21-7-9-23(33-4)25(15-21)35-11-10-28-16-26(27-17-28)29(30)31/h6-9,14-19H,10-13H2,1-5H3/t18-,19+/m1/s1. The predicted octanol–water partition coefficient (Wildman–Crippen LogP) is 4.95. The molecule has 0 spiro atoms. The molecule has 9 nitrogen and oxygen atoms in total. The van der Waals surface area contributed by atoms with Crippen LogP contribution in [-0.4, -0.2) is 42.4 Å². The summed E-state index contributed by atoms with van der Waals surface area (Å²) in [6.07, 6.45) is 4.63. The van der Waals surface area contributed by atoms with Crippen LogP contribution in [0.1, 0.15) is 25.0 Å². The van der Waals surface area contributed by atoms with Crippen LogP contribution in [0, 0.1) is 22.0 Å². The van der Waals surface area contributed by atoms with Crippen molar-refractivity contribution in [1.29, 1.82) is 0 Å². The molecular weight excluding hydrogens is 450 g/mol. The van der Waals surface area contributed by atoms with Crippen LogP contribution in [0.25, 0.3) is 0 Å². The first-order chi connectivity index (χ1) is 16.8. The molecule has 0 saturated heterocycles. The van der Waals surface area contributed by atoms with Crippen molar-refractivity contribution in [2.24, 2.45) is 11.8 Å².